The zero-order chi connectivity index (χ0) is 18.0. The number of hydrogen-bond donors (Lipinski definition) is 1. The molecule has 1 amide bonds. The Labute approximate surface area is 154 Å². The molecular weight excluding hydrogens is 356 g/mol. The predicted molar refractivity (Wildman–Crippen MR) is 102 cm³/mol. The summed E-state index contributed by atoms with van der Waals surface area (Å²) in [5.41, 5.74) is 1.36. The van der Waals surface area contributed by atoms with Crippen molar-refractivity contribution < 1.29 is 13.2 Å². The maximum absolute atomic E-state index is 12.6. The van der Waals surface area contributed by atoms with E-state index in [1.54, 1.807) is 22.6 Å². The largest absolute Gasteiger partial charge is 0.349 e. The van der Waals surface area contributed by atoms with Crippen molar-refractivity contribution in [2.45, 2.75) is 58.4 Å². The Kier molecular flexibility index (Phi) is 5.85. The highest BCUT2D eigenvalue weighted by Gasteiger charge is 2.28. The number of nitrogens with zero attached hydrogens (tertiary/aromatic N) is 1. The zero-order valence-electron chi connectivity index (χ0n) is 15.1. The maximum atomic E-state index is 12.6. The third-order valence-electron chi connectivity index (χ3n) is 5.53. The molecule has 1 aromatic heterocycles. The molecule has 1 atom stereocenters. The number of sulfonamides is 1. The zero-order valence-corrected chi connectivity index (χ0v) is 16.7. The number of rotatable bonds is 5. The van der Waals surface area contributed by atoms with E-state index in [9.17, 15) is 13.2 Å². The average molecular weight is 385 g/mol. The van der Waals surface area contributed by atoms with Crippen LogP contribution in [-0.2, 0) is 22.9 Å². The van der Waals surface area contributed by atoms with E-state index in [4.69, 9.17) is 0 Å². The van der Waals surface area contributed by atoms with Gasteiger partial charge in [-0.1, -0.05) is 13.3 Å². The first-order chi connectivity index (χ1) is 11.9. The lowest BCUT2D eigenvalue weighted by molar-refractivity contribution is 0.0928. The van der Waals surface area contributed by atoms with Gasteiger partial charge in [-0.2, -0.15) is 0 Å². The molecule has 7 heteroatoms. The van der Waals surface area contributed by atoms with Crippen molar-refractivity contribution in [1.82, 2.24) is 9.62 Å². The molecule has 1 aliphatic carbocycles. The summed E-state index contributed by atoms with van der Waals surface area (Å²) in [6.45, 7) is 4.91. The van der Waals surface area contributed by atoms with Gasteiger partial charge in [-0.15, -0.1) is 11.3 Å². The van der Waals surface area contributed by atoms with Crippen molar-refractivity contribution in [2.75, 3.05) is 18.8 Å². The summed E-state index contributed by atoms with van der Waals surface area (Å²) in [7, 11) is -3.11. The van der Waals surface area contributed by atoms with Crippen molar-refractivity contribution in [3.8, 4) is 0 Å². The second-order valence-electron chi connectivity index (χ2n) is 7.12. The standard InChI is InChI=1S/C18H28N2O3S2/c1-3-13-5-6-16-14(11-13)12-17(24-16)18(21)19-15-7-9-20(10-8-15)25(22,23)4-2/h12-13,15H,3-11H2,1-2H3,(H,19,21)/t13-/m0/s1. The number of piperidine rings is 1. The van der Waals surface area contributed by atoms with Crippen LogP contribution in [0.1, 0.15) is 59.6 Å². The third-order valence-corrected chi connectivity index (χ3v) is 8.65. The molecule has 0 unspecified atom stereocenters. The maximum Gasteiger partial charge on any atom is 0.261 e. The number of fused-ring (bicyclic) bond motifs is 1. The first-order valence-electron chi connectivity index (χ1n) is 9.33. The van der Waals surface area contributed by atoms with Crippen molar-refractivity contribution in [1.29, 1.82) is 0 Å². The molecule has 140 valence electrons. The molecule has 1 fully saturated rings. The third kappa shape index (κ3) is 4.26. The van der Waals surface area contributed by atoms with Crippen LogP contribution in [0.5, 0.6) is 0 Å². The fourth-order valence-corrected chi connectivity index (χ4v) is 6.02. The molecule has 2 aliphatic rings. The Morgan fingerprint density at radius 3 is 2.64 bits per heavy atom. The van der Waals surface area contributed by atoms with Gasteiger partial charge < -0.3 is 5.32 Å². The summed E-state index contributed by atoms with van der Waals surface area (Å²) < 4.78 is 25.4. The highest BCUT2D eigenvalue weighted by Crippen LogP contribution is 2.33. The highest BCUT2D eigenvalue weighted by molar-refractivity contribution is 7.89. The lowest BCUT2D eigenvalue weighted by atomic mass is 9.87. The Morgan fingerprint density at radius 2 is 2.00 bits per heavy atom. The van der Waals surface area contributed by atoms with Crippen LogP contribution in [0.25, 0.3) is 0 Å². The number of thiophene rings is 1. The number of hydrogen-bond acceptors (Lipinski definition) is 4. The van der Waals surface area contributed by atoms with E-state index in [1.807, 2.05) is 0 Å². The van der Waals surface area contributed by atoms with Crippen LogP contribution >= 0.6 is 11.3 Å². The molecule has 2 heterocycles. The number of aryl methyl sites for hydroxylation is 1. The predicted octanol–water partition coefficient (Wildman–Crippen LogP) is 2.81. The molecule has 0 saturated carbocycles. The van der Waals surface area contributed by atoms with Gasteiger partial charge in [0.05, 0.1) is 10.6 Å². The van der Waals surface area contributed by atoms with Crippen LogP contribution < -0.4 is 5.32 Å². The van der Waals surface area contributed by atoms with Gasteiger partial charge >= 0.3 is 0 Å². The smallest absolute Gasteiger partial charge is 0.261 e. The summed E-state index contributed by atoms with van der Waals surface area (Å²) in [6, 6.07) is 2.15. The SMILES string of the molecule is CC[C@H]1CCc2sc(C(=O)NC3CCN(S(=O)(=O)CC)CC3)cc2C1. The van der Waals surface area contributed by atoms with Crippen LogP contribution in [0.3, 0.4) is 0 Å². The average Bonchev–Trinajstić information content (AvgIpc) is 3.05. The molecule has 1 saturated heterocycles. The van der Waals surface area contributed by atoms with E-state index in [0.29, 0.717) is 25.9 Å². The summed E-state index contributed by atoms with van der Waals surface area (Å²) >= 11 is 1.63. The minimum Gasteiger partial charge on any atom is -0.349 e. The highest BCUT2D eigenvalue weighted by atomic mass is 32.2. The van der Waals surface area contributed by atoms with Crippen LogP contribution in [0.2, 0.25) is 0 Å². The quantitative estimate of drug-likeness (QED) is 0.849. The minimum atomic E-state index is -3.11. The number of carbonyl (C=O) groups is 1. The van der Waals surface area contributed by atoms with E-state index in [-0.39, 0.29) is 17.7 Å². The minimum absolute atomic E-state index is 0.00393. The Bertz CT molecular complexity index is 719. The lowest BCUT2D eigenvalue weighted by Gasteiger charge is -2.31. The molecule has 25 heavy (non-hydrogen) atoms. The summed E-state index contributed by atoms with van der Waals surface area (Å²) in [6.07, 6.45) is 6.01. The van der Waals surface area contributed by atoms with Crippen LogP contribution in [0, 0.1) is 5.92 Å². The molecule has 1 aromatic rings. The van der Waals surface area contributed by atoms with Crippen LogP contribution in [0.4, 0.5) is 0 Å². The van der Waals surface area contributed by atoms with Gasteiger partial charge in [0, 0.05) is 24.0 Å². The number of nitrogens with one attached hydrogen (secondary N) is 1. The molecule has 0 bridgehead atoms. The van der Waals surface area contributed by atoms with Gasteiger partial charge in [0.2, 0.25) is 10.0 Å². The molecule has 3 rings (SSSR count). The van der Waals surface area contributed by atoms with Crippen LogP contribution in [-0.4, -0.2) is 43.5 Å². The Hall–Kier alpha value is -0.920. The van der Waals surface area contributed by atoms with E-state index < -0.39 is 10.0 Å². The molecule has 1 aliphatic heterocycles. The molecular formula is C18H28N2O3S2. The normalized spacial score (nSPS) is 22.6. The van der Waals surface area contributed by atoms with Gasteiger partial charge in [-0.3, -0.25) is 4.79 Å². The molecule has 0 spiro atoms. The molecule has 0 aromatic carbocycles. The van der Waals surface area contributed by atoms with Crippen molar-refractivity contribution in [2.24, 2.45) is 5.92 Å². The summed E-state index contributed by atoms with van der Waals surface area (Å²) in [5, 5.41) is 3.11. The number of carbonyl (C=O) groups excluding carboxylic acids is 1. The fourth-order valence-electron chi connectivity index (χ4n) is 3.78. The van der Waals surface area contributed by atoms with Gasteiger partial charge in [0.1, 0.15) is 0 Å². The first kappa shape index (κ1) is 18.9. The number of amides is 1. The fraction of sp³-hybridized carbons (Fsp3) is 0.722. The monoisotopic (exact) mass is 384 g/mol. The van der Waals surface area contributed by atoms with Gasteiger partial charge in [-0.05, 0) is 56.6 Å². The van der Waals surface area contributed by atoms with Crippen molar-refractivity contribution in [3.05, 3.63) is 21.4 Å². The van der Waals surface area contributed by atoms with Crippen molar-refractivity contribution in [3.63, 3.8) is 0 Å². The second kappa shape index (κ2) is 7.76. The van der Waals surface area contributed by atoms with E-state index in [2.05, 4.69) is 18.3 Å². The second-order valence-corrected chi connectivity index (χ2v) is 10.5. The lowest BCUT2D eigenvalue weighted by Crippen LogP contribution is -2.46. The Balaban J connectivity index is 1.56. The van der Waals surface area contributed by atoms with E-state index in [1.165, 1.54) is 23.3 Å². The van der Waals surface area contributed by atoms with E-state index in [0.717, 1.165) is 23.6 Å². The summed E-state index contributed by atoms with van der Waals surface area (Å²) in [4.78, 5) is 14.8. The first-order valence-corrected chi connectivity index (χ1v) is 11.8. The topological polar surface area (TPSA) is 66.5 Å². The van der Waals surface area contributed by atoms with Gasteiger partial charge in [-0.25, -0.2) is 12.7 Å². The van der Waals surface area contributed by atoms with Gasteiger partial charge in [0.15, 0.2) is 0 Å². The molecule has 1 N–H and O–H groups in total. The van der Waals surface area contributed by atoms with Crippen LogP contribution in [0.15, 0.2) is 6.07 Å². The van der Waals surface area contributed by atoms with E-state index >= 15 is 0 Å². The molecule has 0 radical (unpaired) electrons. The van der Waals surface area contributed by atoms with Crippen molar-refractivity contribution >= 4 is 27.3 Å². The Morgan fingerprint density at radius 1 is 1.28 bits per heavy atom. The van der Waals surface area contributed by atoms with Gasteiger partial charge in [0.25, 0.3) is 5.91 Å². The molecule has 5 nitrogen and oxygen atoms in total. The summed E-state index contributed by atoms with van der Waals surface area (Å²) in [5.74, 6) is 0.899.